The summed E-state index contributed by atoms with van der Waals surface area (Å²) in [7, 11) is 0. The average Bonchev–Trinajstić information content (AvgIpc) is 2.37. The number of benzene rings is 2. The van der Waals surface area contributed by atoms with Gasteiger partial charge in [0.2, 0.25) is 0 Å². The Kier molecular flexibility index (Phi) is 4.40. The van der Waals surface area contributed by atoms with Gasteiger partial charge >= 0.3 is 0 Å². The molecule has 1 amide bonds. The van der Waals surface area contributed by atoms with Crippen LogP contribution in [0.2, 0.25) is 5.02 Å². The van der Waals surface area contributed by atoms with Crippen LogP contribution in [0.15, 0.2) is 34.8 Å². The van der Waals surface area contributed by atoms with Gasteiger partial charge in [-0.25, -0.2) is 8.78 Å². The molecule has 104 valence electrons. The molecule has 0 spiro atoms. The average molecular weight is 361 g/mol. The number of halogens is 4. The molecule has 0 aliphatic carbocycles. The van der Waals surface area contributed by atoms with Crippen LogP contribution in [-0.4, -0.2) is 5.91 Å². The quantitative estimate of drug-likeness (QED) is 0.807. The lowest BCUT2D eigenvalue weighted by atomic mass is 10.1. The third-order valence-corrected chi connectivity index (χ3v) is 3.56. The minimum atomic E-state index is -0.907. The van der Waals surface area contributed by atoms with Crippen LogP contribution in [0, 0.1) is 18.6 Å². The second-order valence-electron chi connectivity index (χ2n) is 4.16. The predicted octanol–water partition coefficient (Wildman–Crippen LogP) is 4.94. The highest BCUT2D eigenvalue weighted by Gasteiger charge is 2.15. The fraction of sp³-hybridized carbons (Fsp3) is 0.0714. The summed E-state index contributed by atoms with van der Waals surface area (Å²) < 4.78 is 27.3. The molecule has 20 heavy (non-hydrogen) atoms. The molecule has 1 N–H and O–H groups in total. The number of rotatable bonds is 2. The van der Waals surface area contributed by atoms with Crippen LogP contribution in [0.5, 0.6) is 0 Å². The van der Waals surface area contributed by atoms with E-state index in [2.05, 4.69) is 21.2 Å². The van der Waals surface area contributed by atoms with Crippen molar-refractivity contribution in [1.82, 2.24) is 0 Å². The lowest BCUT2D eigenvalue weighted by Gasteiger charge is -2.09. The van der Waals surface area contributed by atoms with Crippen molar-refractivity contribution >= 4 is 39.1 Å². The molecule has 0 fully saturated rings. The van der Waals surface area contributed by atoms with E-state index in [1.165, 1.54) is 13.0 Å². The van der Waals surface area contributed by atoms with Gasteiger partial charge in [-0.3, -0.25) is 4.79 Å². The topological polar surface area (TPSA) is 29.1 Å². The monoisotopic (exact) mass is 359 g/mol. The molecule has 0 aromatic heterocycles. The van der Waals surface area contributed by atoms with Gasteiger partial charge in [0.25, 0.3) is 5.91 Å². The molecule has 2 aromatic carbocycles. The van der Waals surface area contributed by atoms with Crippen LogP contribution in [-0.2, 0) is 0 Å². The number of anilines is 1. The maximum atomic E-state index is 13.6. The molecule has 0 heterocycles. The minimum absolute atomic E-state index is 0.201. The maximum Gasteiger partial charge on any atom is 0.258 e. The zero-order chi connectivity index (χ0) is 14.9. The van der Waals surface area contributed by atoms with Crippen molar-refractivity contribution in [3.8, 4) is 0 Å². The Bertz CT molecular complexity index is 691. The van der Waals surface area contributed by atoms with E-state index in [1.54, 1.807) is 18.2 Å². The van der Waals surface area contributed by atoms with Gasteiger partial charge in [-0.15, -0.1) is 0 Å². The first-order valence-electron chi connectivity index (χ1n) is 5.60. The van der Waals surface area contributed by atoms with Crippen molar-refractivity contribution < 1.29 is 13.6 Å². The lowest BCUT2D eigenvalue weighted by Crippen LogP contribution is -2.14. The Morgan fingerprint density at radius 2 is 1.90 bits per heavy atom. The highest BCUT2D eigenvalue weighted by molar-refractivity contribution is 9.10. The molecule has 2 aromatic rings. The zero-order valence-electron chi connectivity index (χ0n) is 10.3. The second kappa shape index (κ2) is 5.89. The Morgan fingerprint density at radius 3 is 2.55 bits per heavy atom. The number of aryl methyl sites for hydroxylation is 1. The summed E-state index contributed by atoms with van der Waals surface area (Å²) in [5.41, 5.74) is 0.429. The van der Waals surface area contributed by atoms with Gasteiger partial charge in [0, 0.05) is 15.6 Å². The summed E-state index contributed by atoms with van der Waals surface area (Å²) >= 11 is 9.03. The summed E-state index contributed by atoms with van der Waals surface area (Å²) in [6.07, 6.45) is 0. The first-order valence-corrected chi connectivity index (χ1v) is 6.77. The van der Waals surface area contributed by atoms with Crippen LogP contribution < -0.4 is 5.32 Å². The van der Waals surface area contributed by atoms with Crippen LogP contribution in [0.1, 0.15) is 15.9 Å². The Labute approximate surface area is 127 Å². The highest BCUT2D eigenvalue weighted by atomic mass is 79.9. The van der Waals surface area contributed by atoms with Gasteiger partial charge in [0.1, 0.15) is 11.6 Å². The van der Waals surface area contributed by atoms with E-state index >= 15 is 0 Å². The van der Waals surface area contributed by atoms with Crippen LogP contribution in [0.3, 0.4) is 0 Å². The van der Waals surface area contributed by atoms with Crippen molar-refractivity contribution in [2.24, 2.45) is 0 Å². The minimum Gasteiger partial charge on any atom is -0.321 e. The summed E-state index contributed by atoms with van der Waals surface area (Å²) in [4.78, 5) is 12.0. The van der Waals surface area contributed by atoms with Gasteiger partial charge in [-0.1, -0.05) is 11.6 Å². The van der Waals surface area contributed by atoms with Crippen LogP contribution in [0.25, 0.3) is 0 Å². The van der Waals surface area contributed by atoms with Gasteiger partial charge in [-0.2, -0.15) is 0 Å². The Morgan fingerprint density at radius 1 is 1.20 bits per heavy atom. The number of nitrogens with one attached hydrogen (secondary N) is 1. The number of carbonyl (C=O) groups is 1. The summed E-state index contributed by atoms with van der Waals surface area (Å²) in [5, 5.41) is 3.03. The van der Waals surface area contributed by atoms with Crippen molar-refractivity contribution in [2.45, 2.75) is 6.92 Å². The zero-order valence-corrected chi connectivity index (χ0v) is 12.6. The molecule has 0 unspecified atom stereocenters. The largest absolute Gasteiger partial charge is 0.321 e. The molecular weight excluding hydrogens is 352 g/mol. The molecular formula is C14H9BrClF2NO. The van der Waals surface area contributed by atoms with E-state index in [-0.39, 0.29) is 11.1 Å². The molecule has 0 saturated heterocycles. The van der Waals surface area contributed by atoms with E-state index < -0.39 is 17.5 Å². The molecule has 6 heteroatoms. The molecule has 0 aliphatic rings. The van der Waals surface area contributed by atoms with Gasteiger partial charge in [-0.05, 0) is 52.7 Å². The standard InChI is InChI=1S/C14H9BrClF2NO/c1-7-4-9(12(18)6-11(7)17)14(20)19-13-3-2-8(16)5-10(13)15/h2-6H,1H3,(H,19,20). The smallest absolute Gasteiger partial charge is 0.258 e. The fourth-order valence-corrected chi connectivity index (χ4v) is 2.39. The van der Waals surface area contributed by atoms with Gasteiger partial charge in [0.05, 0.1) is 11.3 Å². The summed E-state index contributed by atoms with van der Waals surface area (Å²) in [6, 6.07) is 6.64. The Hall–Kier alpha value is -1.46. The summed E-state index contributed by atoms with van der Waals surface area (Å²) in [5.74, 6) is -2.25. The molecule has 0 aliphatic heterocycles. The fourth-order valence-electron chi connectivity index (χ4n) is 1.61. The third-order valence-electron chi connectivity index (χ3n) is 2.67. The molecule has 2 rings (SSSR count). The van der Waals surface area contributed by atoms with E-state index in [1.807, 2.05) is 0 Å². The number of amides is 1. The Balaban J connectivity index is 2.31. The second-order valence-corrected chi connectivity index (χ2v) is 5.45. The first kappa shape index (κ1) is 14.9. The molecule has 0 radical (unpaired) electrons. The van der Waals surface area contributed by atoms with Crippen molar-refractivity contribution in [2.75, 3.05) is 5.32 Å². The maximum absolute atomic E-state index is 13.6. The third kappa shape index (κ3) is 3.16. The first-order chi connectivity index (χ1) is 9.38. The van der Waals surface area contributed by atoms with Gasteiger partial charge in [0.15, 0.2) is 0 Å². The number of hydrogen-bond acceptors (Lipinski definition) is 1. The number of hydrogen-bond donors (Lipinski definition) is 1. The van der Waals surface area contributed by atoms with Crippen LogP contribution in [0.4, 0.5) is 14.5 Å². The molecule has 0 bridgehead atoms. The normalized spacial score (nSPS) is 10.4. The predicted molar refractivity (Wildman–Crippen MR) is 78.2 cm³/mol. The molecule has 0 saturated carbocycles. The molecule has 2 nitrogen and oxygen atoms in total. The summed E-state index contributed by atoms with van der Waals surface area (Å²) in [6.45, 7) is 1.46. The van der Waals surface area contributed by atoms with Crippen molar-refractivity contribution in [3.05, 3.63) is 62.6 Å². The highest BCUT2D eigenvalue weighted by Crippen LogP contribution is 2.26. The number of carbonyl (C=O) groups excluding carboxylic acids is 1. The van der Waals surface area contributed by atoms with Crippen molar-refractivity contribution in [1.29, 1.82) is 0 Å². The molecule has 0 atom stereocenters. The lowest BCUT2D eigenvalue weighted by molar-refractivity contribution is 0.102. The van der Waals surface area contributed by atoms with E-state index in [0.717, 1.165) is 0 Å². The van der Waals surface area contributed by atoms with Crippen molar-refractivity contribution in [3.63, 3.8) is 0 Å². The van der Waals surface area contributed by atoms with Crippen LogP contribution >= 0.6 is 27.5 Å². The SMILES string of the molecule is Cc1cc(C(=O)Nc2ccc(Cl)cc2Br)c(F)cc1F. The van der Waals surface area contributed by atoms with E-state index in [9.17, 15) is 13.6 Å². The van der Waals surface area contributed by atoms with E-state index in [4.69, 9.17) is 11.6 Å². The van der Waals surface area contributed by atoms with Gasteiger partial charge < -0.3 is 5.32 Å². The van der Waals surface area contributed by atoms with E-state index in [0.29, 0.717) is 21.2 Å².